The van der Waals surface area contributed by atoms with Gasteiger partial charge >= 0.3 is 0 Å². The molecule has 38 heavy (non-hydrogen) atoms. The third kappa shape index (κ3) is 8.43. The summed E-state index contributed by atoms with van der Waals surface area (Å²) in [6.45, 7) is 3.61. The number of carbonyl (C=O) groups is 2. The number of amides is 2. The lowest BCUT2D eigenvalue weighted by atomic mass is 10.0. The highest BCUT2D eigenvalue weighted by atomic mass is 79.9. The highest BCUT2D eigenvalue weighted by Gasteiger charge is 2.33. The van der Waals surface area contributed by atoms with Gasteiger partial charge in [0.05, 0.1) is 11.9 Å². The van der Waals surface area contributed by atoms with Crippen LogP contribution in [0, 0.1) is 0 Å². The van der Waals surface area contributed by atoms with E-state index >= 15 is 0 Å². The van der Waals surface area contributed by atoms with Gasteiger partial charge in [-0.05, 0) is 48.7 Å². The number of para-hydroxylation sites is 1. The first-order valence-electron chi connectivity index (χ1n) is 12.5. The third-order valence-corrected chi connectivity index (χ3v) is 7.93. The molecule has 0 spiro atoms. The molecule has 7 nitrogen and oxygen atoms in total. The molecular formula is C29H34BrN3O4S. The van der Waals surface area contributed by atoms with E-state index in [0.29, 0.717) is 5.69 Å². The zero-order valence-electron chi connectivity index (χ0n) is 21.9. The van der Waals surface area contributed by atoms with Gasteiger partial charge in [0, 0.05) is 23.5 Å². The van der Waals surface area contributed by atoms with Crippen LogP contribution in [0.5, 0.6) is 0 Å². The van der Waals surface area contributed by atoms with Crippen LogP contribution in [0.15, 0.2) is 89.4 Å². The molecule has 0 aromatic heterocycles. The van der Waals surface area contributed by atoms with Gasteiger partial charge in [-0.2, -0.15) is 0 Å². The average molecular weight is 601 g/mol. The molecule has 0 saturated heterocycles. The molecule has 2 amide bonds. The van der Waals surface area contributed by atoms with Gasteiger partial charge < -0.3 is 10.2 Å². The van der Waals surface area contributed by atoms with E-state index in [1.165, 1.54) is 4.90 Å². The Morgan fingerprint density at radius 3 is 2.03 bits per heavy atom. The molecule has 202 valence electrons. The van der Waals surface area contributed by atoms with Crippen molar-refractivity contribution in [2.75, 3.05) is 17.1 Å². The second kappa shape index (κ2) is 13.6. The number of rotatable bonds is 12. The van der Waals surface area contributed by atoms with Crippen molar-refractivity contribution in [1.82, 2.24) is 10.2 Å². The topological polar surface area (TPSA) is 86.8 Å². The zero-order valence-corrected chi connectivity index (χ0v) is 24.3. The first-order chi connectivity index (χ1) is 18.1. The van der Waals surface area contributed by atoms with E-state index in [0.717, 1.165) is 32.6 Å². The molecule has 0 saturated carbocycles. The second-order valence-corrected chi connectivity index (χ2v) is 12.1. The Morgan fingerprint density at radius 2 is 1.47 bits per heavy atom. The molecule has 0 aliphatic heterocycles. The second-order valence-electron chi connectivity index (χ2n) is 9.28. The van der Waals surface area contributed by atoms with Crippen molar-refractivity contribution in [3.8, 4) is 0 Å². The van der Waals surface area contributed by atoms with Crippen LogP contribution in [0.4, 0.5) is 5.69 Å². The van der Waals surface area contributed by atoms with Crippen molar-refractivity contribution in [1.29, 1.82) is 0 Å². The molecule has 1 N–H and O–H groups in total. The normalized spacial score (nSPS) is 12.8. The minimum Gasteiger partial charge on any atom is -0.352 e. The summed E-state index contributed by atoms with van der Waals surface area (Å²) < 4.78 is 27.4. The first-order valence-corrected chi connectivity index (χ1v) is 15.1. The largest absolute Gasteiger partial charge is 0.352 e. The third-order valence-electron chi connectivity index (χ3n) is 6.26. The van der Waals surface area contributed by atoms with Gasteiger partial charge in [0.1, 0.15) is 12.6 Å². The number of anilines is 1. The van der Waals surface area contributed by atoms with Crippen molar-refractivity contribution >= 4 is 43.5 Å². The number of halogens is 1. The average Bonchev–Trinajstić information content (AvgIpc) is 2.90. The summed E-state index contributed by atoms with van der Waals surface area (Å²) in [5.74, 6) is -0.748. The summed E-state index contributed by atoms with van der Waals surface area (Å²) in [5.41, 5.74) is 2.10. The van der Waals surface area contributed by atoms with Crippen LogP contribution in [0.3, 0.4) is 0 Å². The minimum atomic E-state index is -3.77. The highest BCUT2D eigenvalue weighted by Crippen LogP contribution is 2.21. The zero-order chi connectivity index (χ0) is 27.7. The van der Waals surface area contributed by atoms with E-state index in [4.69, 9.17) is 0 Å². The number of hydrogen-bond donors (Lipinski definition) is 1. The van der Waals surface area contributed by atoms with E-state index in [-0.39, 0.29) is 24.9 Å². The monoisotopic (exact) mass is 599 g/mol. The van der Waals surface area contributed by atoms with Crippen LogP contribution >= 0.6 is 15.9 Å². The van der Waals surface area contributed by atoms with E-state index < -0.39 is 28.5 Å². The molecule has 0 aliphatic carbocycles. The van der Waals surface area contributed by atoms with Crippen LogP contribution < -0.4 is 9.62 Å². The summed E-state index contributed by atoms with van der Waals surface area (Å²) >= 11 is 3.43. The molecule has 0 radical (unpaired) electrons. The van der Waals surface area contributed by atoms with Crippen molar-refractivity contribution in [2.24, 2.45) is 0 Å². The number of nitrogens with zero attached hydrogens (tertiary/aromatic N) is 2. The van der Waals surface area contributed by atoms with Crippen molar-refractivity contribution in [3.05, 3.63) is 101 Å². The molecular weight excluding hydrogens is 566 g/mol. The fourth-order valence-electron chi connectivity index (χ4n) is 3.99. The number of carbonyl (C=O) groups excluding carboxylic acids is 2. The number of nitrogens with one attached hydrogen (secondary N) is 1. The summed E-state index contributed by atoms with van der Waals surface area (Å²) in [7, 11) is -3.77. The Balaban J connectivity index is 2.03. The lowest BCUT2D eigenvalue weighted by molar-refractivity contribution is -0.140. The Hall–Kier alpha value is -3.17. The van der Waals surface area contributed by atoms with Gasteiger partial charge in [-0.15, -0.1) is 0 Å². The van der Waals surface area contributed by atoms with E-state index in [1.807, 2.05) is 68.4 Å². The predicted octanol–water partition coefficient (Wildman–Crippen LogP) is 4.77. The summed E-state index contributed by atoms with van der Waals surface area (Å²) in [6.07, 6.45) is 2.10. The molecule has 3 aromatic carbocycles. The van der Waals surface area contributed by atoms with Gasteiger partial charge in [0.25, 0.3) is 0 Å². The lowest BCUT2D eigenvalue weighted by Gasteiger charge is -2.34. The molecule has 2 atom stereocenters. The van der Waals surface area contributed by atoms with Crippen LogP contribution in [-0.2, 0) is 32.6 Å². The maximum Gasteiger partial charge on any atom is 0.244 e. The van der Waals surface area contributed by atoms with Crippen molar-refractivity contribution < 1.29 is 18.0 Å². The highest BCUT2D eigenvalue weighted by molar-refractivity contribution is 9.10. The summed E-state index contributed by atoms with van der Waals surface area (Å²) in [6, 6.07) is 24.6. The number of hydrogen-bond acceptors (Lipinski definition) is 4. The van der Waals surface area contributed by atoms with Gasteiger partial charge in [0.15, 0.2) is 0 Å². The number of sulfonamides is 1. The summed E-state index contributed by atoms with van der Waals surface area (Å²) in [4.78, 5) is 29.1. The first kappa shape index (κ1) is 29.4. The maximum absolute atomic E-state index is 14.0. The van der Waals surface area contributed by atoms with Crippen molar-refractivity contribution in [3.63, 3.8) is 0 Å². The molecule has 9 heteroatoms. The van der Waals surface area contributed by atoms with Gasteiger partial charge in [0.2, 0.25) is 21.8 Å². The van der Waals surface area contributed by atoms with Crippen LogP contribution in [0.25, 0.3) is 0 Å². The minimum absolute atomic E-state index is 0.0813. The summed E-state index contributed by atoms with van der Waals surface area (Å²) in [5, 5.41) is 3.02. The molecule has 3 aromatic rings. The van der Waals surface area contributed by atoms with Crippen LogP contribution in [0.1, 0.15) is 31.4 Å². The molecule has 0 heterocycles. The van der Waals surface area contributed by atoms with E-state index in [2.05, 4.69) is 21.2 Å². The molecule has 0 fully saturated rings. The molecule has 3 rings (SSSR count). The Morgan fingerprint density at radius 1 is 0.895 bits per heavy atom. The Bertz CT molecular complexity index is 1300. The van der Waals surface area contributed by atoms with Gasteiger partial charge in [-0.1, -0.05) is 83.5 Å². The number of benzene rings is 3. The molecule has 0 aliphatic rings. The SMILES string of the molecule is CC[C@H](C)NC(=O)[C@@H](Cc1ccccc1)N(Cc1ccc(Br)cc1)C(=O)CN(c1ccccc1)S(C)(=O)=O. The quantitative estimate of drug-likeness (QED) is 0.325. The smallest absolute Gasteiger partial charge is 0.244 e. The molecule has 0 unspecified atom stereocenters. The molecule has 0 bridgehead atoms. The Labute approximate surface area is 234 Å². The van der Waals surface area contributed by atoms with Gasteiger partial charge in [-0.25, -0.2) is 8.42 Å². The van der Waals surface area contributed by atoms with Gasteiger partial charge in [-0.3, -0.25) is 13.9 Å². The van der Waals surface area contributed by atoms with Crippen molar-refractivity contribution in [2.45, 2.75) is 45.3 Å². The predicted molar refractivity (Wildman–Crippen MR) is 155 cm³/mol. The van der Waals surface area contributed by atoms with Crippen LogP contribution in [0.2, 0.25) is 0 Å². The lowest BCUT2D eigenvalue weighted by Crippen LogP contribution is -2.54. The van der Waals surface area contributed by atoms with Crippen LogP contribution in [-0.4, -0.2) is 50.0 Å². The fraction of sp³-hybridized carbons (Fsp3) is 0.310. The fourth-order valence-corrected chi connectivity index (χ4v) is 5.10. The van der Waals surface area contributed by atoms with E-state index in [9.17, 15) is 18.0 Å². The van der Waals surface area contributed by atoms with E-state index in [1.54, 1.807) is 30.3 Å². The maximum atomic E-state index is 14.0. The standard InChI is InChI=1S/C29H34BrN3O4S/c1-4-22(2)31-29(35)27(19-23-11-7-5-8-12-23)32(20-24-15-17-25(30)18-16-24)28(34)21-33(38(3,36)37)26-13-9-6-10-14-26/h5-18,22,27H,4,19-21H2,1-3H3,(H,31,35)/t22-,27+/m0/s1. The Kier molecular flexibility index (Phi) is 10.5.